The van der Waals surface area contributed by atoms with E-state index in [-0.39, 0.29) is 11.7 Å². The van der Waals surface area contributed by atoms with Crippen LogP contribution in [0.3, 0.4) is 0 Å². The largest absolute Gasteiger partial charge is 0.378 e. The molecule has 6 nitrogen and oxygen atoms in total. The summed E-state index contributed by atoms with van der Waals surface area (Å²) in [6.07, 6.45) is 0. The molecule has 7 heteroatoms. The summed E-state index contributed by atoms with van der Waals surface area (Å²) in [5.41, 5.74) is 0.843. The van der Waals surface area contributed by atoms with E-state index in [1.165, 1.54) is 4.88 Å². The summed E-state index contributed by atoms with van der Waals surface area (Å²) >= 11 is 1.64. The number of hydrogen-bond acceptors (Lipinski definition) is 6. The van der Waals surface area contributed by atoms with Crippen LogP contribution in [0.5, 0.6) is 0 Å². The van der Waals surface area contributed by atoms with Crippen LogP contribution in [-0.4, -0.2) is 48.7 Å². The Kier molecular flexibility index (Phi) is 4.03. The maximum absolute atomic E-state index is 12.1. The van der Waals surface area contributed by atoms with Crippen molar-refractivity contribution in [3.63, 3.8) is 0 Å². The third kappa shape index (κ3) is 2.71. The maximum Gasteiger partial charge on any atom is 0.289 e. The predicted molar refractivity (Wildman–Crippen MR) is 83.2 cm³/mol. The number of nitrogens with zero attached hydrogens (tertiary/aromatic N) is 3. The average Bonchev–Trinajstić information content (AvgIpc) is 2.89. The topological polar surface area (TPSA) is 67.4 Å². The summed E-state index contributed by atoms with van der Waals surface area (Å²) in [5, 5.41) is 5.80. The molecule has 1 N–H and O–H groups in total. The molecule has 1 aliphatic rings. The van der Waals surface area contributed by atoms with Crippen molar-refractivity contribution in [2.45, 2.75) is 13.8 Å². The molecule has 3 heterocycles. The Labute approximate surface area is 127 Å². The summed E-state index contributed by atoms with van der Waals surface area (Å²) < 4.78 is 5.40. The summed E-state index contributed by atoms with van der Waals surface area (Å²) in [6.45, 7) is 7.46. The number of morpholine rings is 1. The van der Waals surface area contributed by atoms with Gasteiger partial charge in [-0.1, -0.05) is 0 Å². The Morgan fingerprint density at radius 2 is 2.19 bits per heavy atom. The molecule has 2 aromatic heterocycles. The van der Waals surface area contributed by atoms with Crippen LogP contribution in [0, 0.1) is 6.92 Å². The predicted octanol–water partition coefficient (Wildman–Crippen LogP) is 1.59. The molecule has 0 radical (unpaired) electrons. The number of hydrogen-bond donors (Lipinski definition) is 1. The van der Waals surface area contributed by atoms with Crippen LogP contribution in [0.2, 0.25) is 0 Å². The lowest BCUT2D eigenvalue weighted by Crippen LogP contribution is -2.37. The second-order valence-corrected chi connectivity index (χ2v) is 5.97. The quantitative estimate of drug-likeness (QED) is 0.932. The van der Waals surface area contributed by atoms with Crippen LogP contribution < -0.4 is 10.2 Å². The van der Waals surface area contributed by atoms with Crippen molar-refractivity contribution in [2.75, 3.05) is 37.7 Å². The van der Waals surface area contributed by atoms with Crippen molar-refractivity contribution in [1.29, 1.82) is 0 Å². The number of nitrogens with one attached hydrogen (secondary N) is 1. The molecule has 0 atom stereocenters. The van der Waals surface area contributed by atoms with Crippen LogP contribution in [0.15, 0.2) is 5.38 Å². The molecule has 1 saturated heterocycles. The van der Waals surface area contributed by atoms with Crippen LogP contribution in [0.25, 0.3) is 10.9 Å². The van der Waals surface area contributed by atoms with E-state index in [0.29, 0.717) is 19.8 Å². The van der Waals surface area contributed by atoms with Crippen LogP contribution in [0.1, 0.15) is 22.4 Å². The highest BCUT2D eigenvalue weighted by Gasteiger charge is 2.21. The average molecular weight is 306 g/mol. The van der Waals surface area contributed by atoms with E-state index in [4.69, 9.17) is 4.74 Å². The molecule has 3 rings (SSSR count). The van der Waals surface area contributed by atoms with Gasteiger partial charge < -0.3 is 15.0 Å². The molecule has 0 unspecified atom stereocenters. The van der Waals surface area contributed by atoms with Crippen molar-refractivity contribution in [3.8, 4) is 0 Å². The maximum atomic E-state index is 12.1. The number of anilines is 1. The van der Waals surface area contributed by atoms with Gasteiger partial charge in [0.1, 0.15) is 5.82 Å². The van der Waals surface area contributed by atoms with Gasteiger partial charge in [0, 0.05) is 29.9 Å². The van der Waals surface area contributed by atoms with E-state index in [2.05, 4.69) is 27.1 Å². The van der Waals surface area contributed by atoms with Gasteiger partial charge in [0.2, 0.25) is 5.82 Å². The van der Waals surface area contributed by atoms with Gasteiger partial charge in [-0.2, -0.15) is 0 Å². The SMILES string of the molecule is CCNC(=O)c1nc(N2CCOCC2)c2c(C)scc2n1. The highest BCUT2D eigenvalue weighted by molar-refractivity contribution is 7.11. The van der Waals surface area contributed by atoms with E-state index >= 15 is 0 Å². The number of ether oxygens (including phenoxy) is 1. The number of carbonyl (C=O) groups is 1. The first-order valence-corrected chi connectivity index (χ1v) is 7.95. The molecule has 21 heavy (non-hydrogen) atoms. The lowest BCUT2D eigenvalue weighted by molar-refractivity contribution is 0.0945. The minimum atomic E-state index is -0.224. The van der Waals surface area contributed by atoms with Gasteiger partial charge >= 0.3 is 0 Å². The number of rotatable bonds is 3. The van der Waals surface area contributed by atoms with Crippen molar-refractivity contribution in [2.24, 2.45) is 0 Å². The van der Waals surface area contributed by atoms with Gasteiger partial charge in [-0.15, -0.1) is 11.3 Å². The molecule has 1 amide bonds. The molecule has 2 aromatic rings. The van der Waals surface area contributed by atoms with Crippen LogP contribution >= 0.6 is 11.3 Å². The molecule has 1 aliphatic heterocycles. The highest BCUT2D eigenvalue weighted by atomic mass is 32.1. The minimum absolute atomic E-state index is 0.224. The Hall–Kier alpha value is -1.73. The molecular formula is C14H18N4O2S. The first-order chi connectivity index (χ1) is 10.2. The smallest absolute Gasteiger partial charge is 0.289 e. The van der Waals surface area contributed by atoms with Crippen molar-refractivity contribution < 1.29 is 9.53 Å². The zero-order chi connectivity index (χ0) is 14.8. The lowest BCUT2D eigenvalue weighted by atomic mass is 10.2. The summed E-state index contributed by atoms with van der Waals surface area (Å²) in [5.74, 6) is 0.865. The summed E-state index contributed by atoms with van der Waals surface area (Å²) in [6, 6.07) is 0. The fourth-order valence-corrected chi connectivity index (χ4v) is 3.21. The van der Waals surface area contributed by atoms with Crippen molar-refractivity contribution in [3.05, 3.63) is 16.1 Å². The Bertz CT molecular complexity index is 664. The first-order valence-electron chi connectivity index (χ1n) is 7.07. The van der Waals surface area contributed by atoms with E-state index in [1.54, 1.807) is 11.3 Å². The molecule has 0 bridgehead atoms. The normalized spacial score (nSPS) is 15.4. The van der Waals surface area contributed by atoms with Gasteiger partial charge in [-0.05, 0) is 13.8 Å². The van der Waals surface area contributed by atoms with Crippen molar-refractivity contribution >= 4 is 34.0 Å². The van der Waals surface area contributed by atoms with E-state index in [9.17, 15) is 4.79 Å². The third-order valence-corrected chi connectivity index (χ3v) is 4.37. The van der Waals surface area contributed by atoms with Crippen molar-refractivity contribution in [1.82, 2.24) is 15.3 Å². The van der Waals surface area contributed by atoms with Crippen LogP contribution in [0.4, 0.5) is 5.82 Å². The number of amides is 1. The molecule has 1 fully saturated rings. The molecule has 112 valence electrons. The third-order valence-electron chi connectivity index (χ3n) is 3.47. The second kappa shape index (κ2) is 5.95. The van der Waals surface area contributed by atoms with Gasteiger partial charge in [-0.3, -0.25) is 4.79 Å². The first kappa shape index (κ1) is 14.2. The number of aryl methyl sites for hydroxylation is 1. The fourth-order valence-electron chi connectivity index (χ4n) is 2.44. The number of thiophene rings is 1. The molecule has 0 aromatic carbocycles. The van der Waals surface area contributed by atoms with E-state index in [0.717, 1.165) is 29.8 Å². The van der Waals surface area contributed by atoms with Crippen LogP contribution in [-0.2, 0) is 4.74 Å². The van der Waals surface area contributed by atoms with E-state index < -0.39 is 0 Å². The summed E-state index contributed by atoms with van der Waals surface area (Å²) in [4.78, 5) is 24.3. The van der Waals surface area contributed by atoms with Gasteiger partial charge in [0.15, 0.2) is 0 Å². The lowest BCUT2D eigenvalue weighted by Gasteiger charge is -2.28. The monoisotopic (exact) mass is 306 g/mol. The number of carbonyl (C=O) groups excluding carboxylic acids is 1. The standard InChI is InChI=1S/C14H18N4O2S/c1-3-15-14(19)12-16-10-8-21-9(2)11(10)13(17-12)18-4-6-20-7-5-18/h8H,3-7H2,1-2H3,(H,15,19). The Morgan fingerprint density at radius 1 is 1.43 bits per heavy atom. The zero-order valence-corrected chi connectivity index (χ0v) is 13.0. The highest BCUT2D eigenvalue weighted by Crippen LogP contribution is 2.31. The van der Waals surface area contributed by atoms with Gasteiger partial charge in [-0.25, -0.2) is 9.97 Å². The van der Waals surface area contributed by atoms with Gasteiger partial charge in [0.05, 0.1) is 24.1 Å². The fraction of sp³-hybridized carbons (Fsp3) is 0.500. The second-order valence-electron chi connectivity index (χ2n) is 4.88. The van der Waals surface area contributed by atoms with Gasteiger partial charge in [0.25, 0.3) is 5.91 Å². The Balaban J connectivity index is 2.09. The Morgan fingerprint density at radius 3 is 2.90 bits per heavy atom. The zero-order valence-electron chi connectivity index (χ0n) is 12.2. The molecule has 0 spiro atoms. The number of fused-ring (bicyclic) bond motifs is 1. The number of aromatic nitrogens is 2. The minimum Gasteiger partial charge on any atom is -0.378 e. The summed E-state index contributed by atoms with van der Waals surface area (Å²) in [7, 11) is 0. The van der Waals surface area contributed by atoms with E-state index in [1.807, 2.05) is 12.3 Å². The molecule has 0 aliphatic carbocycles. The molecule has 0 saturated carbocycles. The molecular weight excluding hydrogens is 288 g/mol.